The van der Waals surface area contributed by atoms with E-state index in [4.69, 9.17) is 0 Å². The van der Waals surface area contributed by atoms with Crippen LogP contribution in [0, 0.1) is 5.82 Å². The van der Waals surface area contributed by atoms with Gasteiger partial charge in [-0.3, -0.25) is 4.98 Å². The molecule has 5 aromatic rings. The Morgan fingerprint density at radius 2 is 1.26 bits per heavy atom. The molecular formula is C33H29FN4O3S. The number of carbonyl (C=O) groups excluding carboxylic acids is 1. The van der Waals surface area contributed by atoms with E-state index in [1.807, 2.05) is 54.6 Å². The number of anilines is 1. The standard InChI is InChI=1S/C33H29FN4O3S/c34-30-12-8-27(9-13-30)24-38(23-26-6-10-29(11-7-26)28-4-2-1-3-5-28)42(40,41)32-16-14-31(15-17-32)37-33(39)36-22-25-18-20-35-21-19-25/h1-21H,22-24H2,(H2,36,37,39). The fourth-order valence-electron chi connectivity index (χ4n) is 4.37. The van der Waals surface area contributed by atoms with Crippen molar-refractivity contribution in [2.45, 2.75) is 24.5 Å². The highest BCUT2D eigenvalue weighted by molar-refractivity contribution is 7.89. The molecule has 0 saturated heterocycles. The molecule has 0 bridgehead atoms. The maximum atomic E-state index is 13.8. The van der Waals surface area contributed by atoms with Crippen LogP contribution in [0.5, 0.6) is 0 Å². The molecular weight excluding hydrogens is 551 g/mol. The molecule has 0 aliphatic rings. The van der Waals surface area contributed by atoms with E-state index in [9.17, 15) is 17.6 Å². The molecule has 0 fully saturated rings. The zero-order valence-electron chi connectivity index (χ0n) is 22.7. The van der Waals surface area contributed by atoms with Crippen molar-refractivity contribution in [2.75, 3.05) is 5.32 Å². The molecule has 0 atom stereocenters. The molecule has 9 heteroatoms. The first-order valence-corrected chi connectivity index (χ1v) is 14.7. The van der Waals surface area contributed by atoms with Gasteiger partial charge in [0.1, 0.15) is 5.82 Å². The second-order valence-electron chi connectivity index (χ2n) is 9.65. The van der Waals surface area contributed by atoms with Gasteiger partial charge in [0.15, 0.2) is 0 Å². The quantitative estimate of drug-likeness (QED) is 0.195. The number of benzene rings is 4. The van der Waals surface area contributed by atoms with Crippen molar-refractivity contribution in [1.82, 2.24) is 14.6 Å². The molecule has 0 saturated carbocycles. The van der Waals surface area contributed by atoms with Crippen molar-refractivity contribution in [3.8, 4) is 11.1 Å². The van der Waals surface area contributed by atoms with Crippen LogP contribution >= 0.6 is 0 Å². The number of aromatic nitrogens is 1. The number of hydrogen-bond acceptors (Lipinski definition) is 4. The average Bonchev–Trinajstić information content (AvgIpc) is 3.02. The van der Waals surface area contributed by atoms with Gasteiger partial charge in [-0.1, -0.05) is 66.7 Å². The highest BCUT2D eigenvalue weighted by Gasteiger charge is 2.25. The van der Waals surface area contributed by atoms with Crippen LogP contribution in [-0.2, 0) is 29.7 Å². The number of nitrogens with one attached hydrogen (secondary N) is 2. The van der Waals surface area contributed by atoms with Crippen LogP contribution in [0.1, 0.15) is 16.7 Å². The SMILES string of the molecule is O=C(NCc1ccncc1)Nc1ccc(S(=O)(=O)N(Cc2ccc(F)cc2)Cc2ccc(-c3ccccc3)cc2)cc1. The average molecular weight is 581 g/mol. The second-order valence-corrected chi connectivity index (χ2v) is 11.6. The van der Waals surface area contributed by atoms with E-state index in [1.165, 1.54) is 28.6 Å². The third-order valence-corrected chi connectivity index (χ3v) is 8.45. The van der Waals surface area contributed by atoms with Crippen LogP contribution in [0.15, 0.2) is 133 Å². The Labute approximate surface area is 244 Å². The third-order valence-electron chi connectivity index (χ3n) is 6.64. The largest absolute Gasteiger partial charge is 0.334 e. The molecule has 0 radical (unpaired) electrons. The number of urea groups is 1. The maximum absolute atomic E-state index is 13.8. The predicted molar refractivity (Wildman–Crippen MR) is 161 cm³/mol. The lowest BCUT2D eigenvalue weighted by Gasteiger charge is -2.23. The lowest BCUT2D eigenvalue weighted by atomic mass is 10.0. The fraction of sp³-hybridized carbons (Fsp3) is 0.0909. The predicted octanol–water partition coefficient (Wildman–Crippen LogP) is 6.60. The molecule has 7 nitrogen and oxygen atoms in total. The van der Waals surface area contributed by atoms with Crippen LogP contribution in [0.4, 0.5) is 14.9 Å². The van der Waals surface area contributed by atoms with Crippen molar-refractivity contribution in [3.63, 3.8) is 0 Å². The van der Waals surface area contributed by atoms with Gasteiger partial charge in [-0.05, 0) is 76.3 Å². The van der Waals surface area contributed by atoms with E-state index in [-0.39, 0.29) is 18.0 Å². The van der Waals surface area contributed by atoms with Crippen molar-refractivity contribution >= 4 is 21.7 Å². The molecule has 2 amide bonds. The first-order valence-electron chi connectivity index (χ1n) is 13.3. The van der Waals surface area contributed by atoms with Gasteiger partial charge in [-0.25, -0.2) is 17.6 Å². The Kier molecular flexibility index (Phi) is 9.01. The summed E-state index contributed by atoms with van der Waals surface area (Å²) in [7, 11) is -3.96. The van der Waals surface area contributed by atoms with Crippen LogP contribution in [0.2, 0.25) is 0 Å². The van der Waals surface area contributed by atoms with Crippen LogP contribution < -0.4 is 10.6 Å². The highest BCUT2D eigenvalue weighted by atomic mass is 32.2. The lowest BCUT2D eigenvalue weighted by Crippen LogP contribution is -2.30. The minimum Gasteiger partial charge on any atom is -0.334 e. The summed E-state index contributed by atoms with van der Waals surface area (Å²) in [5.41, 5.74) is 4.91. The van der Waals surface area contributed by atoms with Crippen LogP contribution in [0.25, 0.3) is 11.1 Å². The summed E-state index contributed by atoms with van der Waals surface area (Å²) in [6.07, 6.45) is 3.29. The van der Waals surface area contributed by atoms with Gasteiger partial charge >= 0.3 is 6.03 Å². The van der Waals surface area contributed by atoms with E-state index >= 15 is 0 Å². The van der Waals surface area contributed by atoms with Crippen molar-refractivity contribution in [3.05, 3.63) is 150 Å². The monoisotopic (exact) mass is 580 g/mol. The summed E-state index contributed by atoms with van der Waals surface area (Å²) < 4.78 is 42.6. The van der Waals surface area contributed by atoms with E-state index in [1.54, 1.807) is 48.8 Å². The van der Waals surface area contributed by atoms with E-state index < -0.39 is 21.9 Å². The maximum Gasteiger partial charge on any atom is 0.319 e. The molecule has 0 unspecified atom stereocenters. The smallest absolute Gasteiger partial charge is 0.319 e. The molecule has 212 valence electrons. The minimum absolute atomic E-state index is 0.0560. The zero-order chi connectivity index (χ0) is 29.4. The Hall–Kier alpha value is -4.86. The number of pyridine rings is 1. The first-order chi connectivity index (χ1) is 20.4. The Balaban J connectivity index is 1.32. The van der Waals surface area contributed by atoms with E-state index in [0.29, 0.717) is 17.8 Å². The van der Waals surface area contributed by atoms with Crippen molar-refractivity contribution < 1.29 is 17.6 Å². The number of hydrogen-bond donors (Lipinski definition) is 2. The Morgan fingerprint density at radius 3 is 1.88 bits per heavy atom. The van der Waals surface area contributed by atoms with E-state index in [2.05, 4.69) is 15.6 Å². The Morgan fingerprint density at radius 1 is 0.690 bits per heavy atom. The number of carbonyl (C=O) groups is 1. The summed E-state index contributed by atoms with van der Waals surface area (Å²) in [5, 5.41) is 5.47. The first kappa shape index (κ1) is 28.7. The molecule has 1 aromatic heterocycles. The number of rotatable bonds is 10. The minimum atomic E-state index is -3.96. The molecule has 4 aromatic carbocycles. The van der Waals surface area contributed by atoms with Gasteiger partial charge in [0.2, 0.25) is 10.0 Å². The summed E-state index contributed by atoms with van der Waals surface area (Å²) >= 11 is 0. The van der Waals surface area contributed by atoms with Gasteiger partial charge in [-0.2, -0.15) is 4.31 Å². The molecule has 5 rings (SSSR count). The number of sulfonamides is 1. The summed E-state index contributed by atoms with van der Waals surface area (Å²) in [5.74, 6) is -0.391. The summed E-state index contributed by atoms with van der Waals surface area (Å²) in [6.45, 7) is 0.498. The topological polar surface area (TPSA) is 91.4 Å². The molecule has 42 heavy (non-hydrogen) atoms. The van der Waals surface area contributed by atoms with Crippen molar-refractivity contribution in [1.29, 1.82) is 0 Å². The number of amides is 2. The summed E-state index contributed by atoms with van der Waals surface area (Å²) in [4.78, 5) is 16.4. The molecule has 0 aliphatic carbocycles. The molecule has 0 spiro atoms. The van der Waals surface area contributed by atoms with Gasteiger partial charge in [0.05, 0.1) is 4.90 Å². The Bertz CT molecular complexity index is 1720. The fourth-order valence-corrected chi connectivity index (χ4v) is 5.79. The normalized spacial score (nSPS) is 11.3. The number of halogens is 1. The highest BCUT2D eigenvalue weighted by Crippen LogP contribution is 2.25. The molecule has 2 N–H and O–H groups in total. The zero-order valence-corrected chi connectivity index (χ0v) is 23.5. The van der Waals surface area contributed by atoms with Gasteiger partial charge < -0.3 is 10.6 Å². The van der Waals surface area contributed by atoms with Crippen LogP contribution in [0.3, 0.4) is 0 Å². The van der Waals surface area contributed by atoms with E-state index in [0.717, 1.165) is 22.3 Å². The molecule has 0 aliphatic heterocycles. The molecule has 1 heterocycles. The van der Waals surface area contributed by atoms with Crippen LogP contribution in [-0.4, -0.2) is 23.7 Å². The summed E-state index contributed by atoms with van der Waals surface area (Å²) in [6, 6.07) is 32.7. The second kappa shape index (κ2) is 13.2. The lowest BCUT2D eigenvalue weighted by molar-refractivity contribution is 0.251. The van der Waals surface area contributed by atoms with Gasteiger partial charge in [0.25, 0.3) is 0 Å². The third kappa shape index (κ3) is 7.45. The number of nitrogens with zero attached hydrogens (tertiary/aromatic N) is 2. The van der Waals surface area contributed by atoms with Crippen molar-refractivity contribution in [2.24, 2.45) is 0 Å². The van der Waals surface area contributed by atoms with Gasteiger partial charge in [-0.15, -0.1) is 0 Å². The van der Waals surface area contributed by atoms with Gasteiger partial charge in [0, 0.05) is 37.7 Å².